The molecule has 0 N–H and O–H groups in total. The number of imide groups is 1. The fraction of sp³-hybridized carbons (Fsp3) is 0.353. The van der Waals surface area contributed by atoms with E-state index >= 15 is 0 Å². The number of fused-ring (bicyclic) bond motifs is 1. The van der Waals surface area contributed by atoms with Crippen molar-refractivity contribution in [2.75, 3.05) is 13.7 Å². The Morgan fingerprint density at radius 2 is 1.43 bits per heavy atom. The number of esters is 1. The summed E-state index contributed by atoms with van der Waals surface area (Å²) in [5.74, 6) is -1.53. The Morgan fingerprint density at radius 1 is 0.964 bits per heavy atom. The van der Waals surface area contributed by atoms with Crippen LogP contribution in [0.4, 0.5) is 0 Å². The lowest BCUT2D eigenvalue weighted by molar-refractivity contribution is -0.139. The van der Waals surface area contributed by atoms with Gasteiger partial charge in [-0.2, -0.15) is 0 Å². The van der Waals surface area contributed by atoms with Crippen LogP contribution in [0, 0.1) is 0 Å². The van der Waals surface area contributed by atoms with Gasteiger partial charge in [0.05, 0.1) is 57.1 Å². The highest BCUT2D eigenvalue weighted by Gasteiger charge is 2.42. The summed E-state index contributed by atoms with van der Waals surface area (Å²) in [6, 6.07) is 0. The summed E-state index contributed by atoms with van der Waals surface area (Å²) in [6.07, 6.45) is 1.41. The Bertz CT molecular complexity index is 848. The molecule has 0 radical (unpaired) electrons. The smallest absolute Gasteiger partial charge is 0.309 e. The number of ether oxygens (including phenoxy) is 1. The van der Waals surface area contributed by atoms with Gasteiger partial charge in [0.2, 0.25) is 8.32 Å². The molecule has 2 amide bonds. The highest BCUT2D eigenvalue weighted by molar-refractivity contribution is 6.70. The number of benzene rings is 1. The van der Waals surface area contributed by atoms with Crippen LogP contribution in [0.1, 0.15) is 27.1 Å². The first-order valence-electron chi connectivity index (χ1n) is 8.06. The second kappa shape index (κ2) is 8.63. The molecule has 2 rings (SSSR count). The van der Waals surface area contributed by atoms with E-state index in [1.54, 1.807) is 0 Å². The van der Waals surface area contributed by atoms with Gasteiger partial charge in [-0.25, -0.2) is 0 Å². The standard InChI is InChI=1S/C17H17Cl4NO5Si/c1-26-9(23)6-5-8(27-28(2,3)4)7-22-16(24)10-11(17(22)25)13(19)15(21)14(20)12(10)18/h5H,6-7H2,1-4H3/b8-5-. The van der Waals surface area contributed by atoms with Gasteiger partial charge >= 0.3 is 5.97 Å². The van der Waals surface area contributed by atoms with E-state index in [0.717, 1.165) is 4.90 Å². The number of carbonyl (C=O) groups is 3. The quantitative estimate of drug-likeness (QED) is 0.139. The maximum Gasteiger partial charge on any atom is 0.309 e. The minimum absolute atomic E-state index is 0.0708. The number of halogens is 4. The Labute approximate surface area is 183 Å². The van der Waals surface area contributed by atoms with Gasteiger partial charge in [-0.3, -0.25) is 19.3 Å². The van der Waals surface area contributed by atoms with Gasteiger partial charge in [0.1, 0.15) is 0 Å². The maximum atomic E-state index is 12.8. The minimum atomic E-state index is -2.10. The Balaban J connectivity index is 2.42. The average molecular weight is 485 g/mol. The zero-order chi connectivity index (χ0) is 21.4. The van der Waals surface area contributed by atoms with Gasteiger partial charge in [-0.05, 0) is 25.7 Å². The van der Waals surface area contributed by atoms with Crippen LogP contribution in [0.15, 0.2) is 11.8 Å². The Morgan fingerprint density at radius 3 is 1.82 bits per heavy atom. The van der Waals surface area contributed by atoms with Gasteiger partial charge in [0, 0.05) is 0 Å². The van der Waals surface area contributed by atoms with Gasteiger partial charge in [-0.1, -0.05) is 46.4 Å². The molecule has 0 fully saturated rings. The molecule has 1 aliphatic rings. The Hall–Kier alpha value is -1.25. The third kappa shape index (κ3) is 4.66. The lowest BCUT2D eigenvalue weighted by Crippen LogP contribution is -2.35. The van der Waals surface area contributed by atoms with Crippen molar-refractivity contribution in [3.63, 3.8) is 0 Å². The monoisotopic (exact) mass is 483 g/mol. The number of hydrogen-bond acceptors (Lipinski definition) is 5. The third-order valence-corrected chi connectivity index (χ3v) is 6.34. The molecule has 11 heteroatoms. The second-order valence-electron chi connectivity index (χ2n) is 6.87. The van der Waals surface area contributed by atoms with Crippen molar-refractivity contribution in [1.29, 1.82) is 0 Å². The second-order valence-corrected chi connectivity index (χ2v) is 12.8. The maximum absolute atomic E-state index is 12.8. The Kier molecular flexibility index (Phi) is 7.10. The normalized spacial score (nSPS) is 14.4. The highest BCUT2D eigenvalue weighted by atomic mass is 35.5. The SMILES string of the molecule is COC(=O)C/C=C(/CN1C(=O)c2c(Cl)c(Cl)c(Cl)c(Cl)c2C1=O)O[Si](C)(C)C. The number of methoxy groups -OCH3 is 1. The molecular weight excluding hydrogens is 468 g/mol. The van der Waals surface area contributed by atoms with Crippen molar-refractivity contribution in [3.05, 3.63) is 43.1 Å². The molecule has 1 heterocycles. The van der Waals surface area contributed by atoms with Crippen LogP contribution in [0.5, 0.6) is 0 Å². The van der Waals surface area contributed by atoms with Gasteiger partial charge in [-0.15, -0.1) is 0 Å². The summed E-state index contributed by atoms with van der Waals surface area (Å²) < 4.78 is 10.5. The fourth-order valence-corrected chi connectivity index (χ4v) is 4.46. The fourth-order valence-electron chi connectivity index (χ4n) is 2.51. The number of amides is 2. The molecule has 1 aromatic rings. The van der Waals surface area contributed by atoms with Crippen molar-refractivity contribution >= 4 is 72.5 Å². The van der Waals surface area contributed by atoms with Crippen molar-refractivity contribution in [2.24, 2.45) is 0 Å². The van der Waals surface area contributed by atoms with E-state index in [9.17, 15) is 14.4 Å². The molecule has 1 aliphatic heterocycles. The summed E-state index contributed by atoms with van der Waals surface area (Å²) in [6.45, 7) is 5.58. The first-order valence-corrected chi connectivity index (χ1v) is 13.0. The van der Waals surface area contributed by atoms with Crippen LogP contribution in [0.3, 0.4) is 0 Å². The van der Waals surface area contributed by atoms with Crippen LogP contribution in [-0.2, 0) is 14.0 Å². The van der Waals surface area contributed by atoms with E-state index in [2.05, 4.69) is 4.74 Å². The molecule has 28 heavy (non-hydrogen) atoms. The summed E-state index contributed by atoms with van der Waals surface area (Å²) in [7, 11) is -0.841. The molecule has 152 valence electrons. The molecule has 0 saturated heterocycles. The lowest BCUT2D eigenvalue weighted by Gasteiger charge is -2.24. The van der Waals surface area contributed by atoms with E-state index < -0.39 is 26.1 Å². The van der Waals surface area contributed by atoms with Crippen LogP contribution < -0.4 is 0 Å². The first-order chi connectivity index (χ1) is 12.9. The van der Waals surface area contributed by atoms with Gasteiger partial charge < -0.3 is 9.16 Å². The van der Waals surface area contributed by atoms with Crippen LogP contribution >= 0.6 is 46.4 Å². The van der Waals surface area contributed by atoms with Gasteiger partial charge in [0.15, 0.2) is 0 Å². The predicted molar refractivity (Wildman–Crippen MR) is 111 cm³/mol. The predicted octanol–water partition coefficient (Wildman–Crippen LogP) is 5.19. The topological polar surface area (TPSA) is 72.9 Å². The molecule has 0 bridgehead atoms. The number of hydrogen-bond donors (Lipinski definition) is 0. The van der Waals surface area contributed by atoms with E-state index in [1.807, 2.05) is 19.6 Å². The zero-order valence-electron chi connectivity index (χ0n) is 15.5. The van der Waals surface area contributed by atoms with Crippen molar-refractivity contribution < 1.29 is 23.5 Å². The lowest BCUT2D eigenvalue weighted by atomic mass is 10.1. The minimum Gasteiger partial charge on any atom is -0.546 e. The molecule has 0 unspecified atom stereocenters. The summed E-state index contributed by atoms with van der Waals surface area (Å²) in [5.41, 5.74) is -0.210. The van der Waals surface area contributed by atoms with Crippen molar-refractivity contribution in [3.8, 4) is 0 Å². The molecule has 0 saturated carbocycles. The third-order valence-electron chi connectivity index (χ3n) is 3.66. The van der Waals surface area contributed by atoms with E-state index in [0.29, 0.717) is 5.76 Å². The molecule has 1 aromatic carbocycles. The summed E-state index contributed by atoms with van der Waals surface area (Å²) in [4.78, 5) is 38.1. The van der Waals surface area contributed by atoms with Crippen molar-refractivity contribution in [2.45, 2.75) is 26.1 Å². The average Bonchev–Trinajstić information content (AvgIpc) is 2.85. The highest BCUT2D eigenvalue weighted by Crippen LogP contribution is 2.44. The molecular formula is C17H17Cl4NO5Si. The molecule has 0 atom stereocenters. The van der Waals surface area contributed by atoms with E-state index in [4.69, 9.17) is 50.8 Å². The van der Waals surface area contributed by atoms with Crippen molar-refractivity contribution in [1.82, 2.24) is 4.90 Å². The van der Waals surface area contributed by atoms with Crippen LogP contribution in [0.2, 0.25) is 39.7 Å². The summed E-state index contributed by atoms with van der Waals surface area (Å²) in [5, 5.41) is -0.485. The largest absolute Gasteiger partial charge is 0.546 e. The first kappa shape index (κ1) is 23.0. The van der Waals surface area contributed by atoms with E-state index in [1.165, 1.54) is 13.2 Å². The van der Waals surface area contributed by atoms with Gasteiger partial charge in [0.25, 0.3) is 11.8 Å². The number of nitrogens with zero attached hydrogens (tertiary/aromatic N) is 1. The molecule has 0 aliphatic carbocycles. The molecule has 0 spiro atoms. The van der Waals surface area contributed by atoms with E-state index in [-0.39, 0.29) is 44.2 Å². The number of rotatable bonds is 6. The molecule has 6 nitrogen and oxygen atoms in total. The van der Waals surface area contributed by atoms with Crippen LogP contribution in [0.25, 0.3) is 0 Å². The van der Waals surface area contributed by atoms with Crippen LogP contribution in [-0.4, -0.2) is 44.7 Å². The summed E-state index contributed by atoms with van der Waals surface area (Å²) >= 11 is 24.3. The molecule has 0 aromatic heterocycles. The number of carbonyl (C=O) groups excluding carboxylic acids is 3. The zero-order valence-corrected chi connectivity index (χ0v) is 19.5.